The summed E-state index contributed by atoms with van der Waals surface area (Å²) in [7, 11) is 1.50. The summed E-state index contributed by atoms with van der Waals surface area (Å²) in [6.07, 6.45) is 0. The number of hydrogen-bond acceptors (Lipinski definition) is 5. The Kier molecular flexibility index (Phi) is 4.57. The van der Waals surface area contributed by atoms with Crippen LogP contribution in [0.25, 0.3) is 0 Å². The molecule has 0 fully saturated rings. The molecule has 0 aliphatic heterocycles. The molecule has 1 aromatic rings. The highest BCUT2D eigenvalue weighted by molar-refractivity contribution is 5.99. The Morgan fingerprint density at radius 2 is 1.95 bits per heavy atom. The van der Waals surface area contributed by atoms with Crippen molar-refractivity contribution in [1.29, 1.82) is 0 Å². The first-order chi connectivity index (χ1) is 8.88. The van der Waals surface area contributed by atoms with E-state index in [-0.39, 0.29) is 35.4 Å². The topological polar surface area (TPSA) is 119 Å². The summed E-state index contributed by atoms with van der Waals surface area (Å²) < 4.78 is 0. The van der Waals surface area contributed by atoms with Crippen LogP contribution in [0.2, 0.25) is 0 Å². The maximum Gasteiger partial charge on any atom is 0.261 e. The predicted molar refractivity (Wildman–Crippen MR) is 69.3 cm³/mol. The summed E-state index contributed by atoms with van der Waals surface area (Å²) in [6.45, 7) is 1.87. The average molecular weight is 267 g/mol. The number of oxime groups is 1. The number of hydrogen-bond donors (Lipinski definition) is 4. The van der Waals surface area contributed by atoms with Crippen LogP contribution in [0.5, 0.6) is 11.5 Å². The molecule has 1 unspecified atom stereocenters. The number of amidine groups is 1. The van der Waals surface area contributed by atoms with E-state index in [4.69, 9.17) is 10.9 Å². The van der Waals surface area contributed by atoms with E-state index in [0.29, 0.717) is 0 Å². The third kappa shape index (κ3) is 3.27. The van der Waals surface area contributed by atoms with Crippen molar-refractivity contribution in [2.45, 2.75) is 6.92 Å². The number of amides is 1. The molecule has 0 spiro atoms. The van der Waals surface area contributed by atoms with Crippen molar-refractivity contribution in [1.82, 2.24) is 4.90 Å². The number of phenols is 2. The van der Waals surface area contributed by atoms with Crippen LogP contribution in [0.15, 0.2) is 23.4 Å². The van der Waals surface area contributed by atoms with Crippen LogP contribution in [0.1, 0.15) is 17.3 Å². The lowest BCUT2D eigenvalue weighted by molar-refractivity contribution is 0.0780. The van der Waals surface area contributed by atoms with Crippen LogP contribution in [0.4, 0.5) is 0 Å². The Bertz CT molecular complexity index is 481. The zero-order chi connectivity index (χ0) is 14.6. The normalized spacial score (nSPS) is 13.1. The van der Waals surface area contributed by atoms with E-state index in [9.17, 15) is 15.0 Å². The van der Waals surface area contributed by atoms with Gasteiger partial charge in [0.05, 0.1) is 0 Å². The molecule has 0 radical (unpaired) electrons. The molecule has 0 aliphatic carbocycles. The summed E-state index contributed by atoms with van der Waals surface area (Å²) in [5.74, 6) is -1.50. The van der Waals surface area contributed by atoms with Gasteiger partial charge in [0.15, 0.2) is 0 Å². The SMILES string of the molecule is CC(CN(C)C(=O)c1c(O)cccc1O)/C(N)=N/O. The Balaban J connectivity index is 2.89. The fraction of sp³-hybridized carbons (Fsp3) is 0.333. The highest BCUT2D eigenvalue weighted by Crippen LogP contribution is 2.27. The maximum atomic E-state index is 12.1. The molecule has 7 nitrogen and oxygen atoms in total. The van der Waals surface area contributed by atoms with Gasteiger partial charge in [-0.1, -0.05) is 18.1 Å². The van der Waals surface area contributed by atoms with E-state index in [2.05, 4.69) is 5.16 Å². The van der Waals surface area contributed by atoms with Crippen LogP contribution in [-0.2, 0) is 0 Å². The summed E-state index contributed by atoms with van der Waals surface area (Å²) >= 11 is 0. The molecule has 0 aromatic heterocycles. The number of phenolic OH excluding ortho intramolecular Hbond substituents is 2. The number of rotatable bonds is 4. The zero-order valence-corrected chi connectivity index (χ0v) is 10.7. The first-order valence-electron chi connectivity index (χ1n) is 5.62. The van der Waals surface area contributed by atoms with E-state index in [1.165, 1.54) is 30.1 Å². The number of carbonyl (C=O) groups excluding carboxylic acids is 1. The third-order valence-electron chi connectivity index (χ3n) is 2.75. The first-order valence-corrected chi connectivity index (χ1v) is 5.62. The Labute approximate surface area is 110 Å². The van der Waals surface area contributed by atoms with Crippen molar-refractivity contribution < 1.29 is 20.2 Å². The number of nitrogens with two attached hydrogens (primary N) is 1. The Morgan fingerprint density at radius 1 is 1.42 bits per heavy atom. The molecule has 0 bridgehead atoms. The first kappa shape index (κ1) is 14.6. The fourth-order valence-corrected chi connectivity index (χ4v) is 1.62. The Hall–Kier alpha value is -2.44. The molecule has 0 saturated heterocycles. The zero-order valence-electron chi connectivity index (χ0n) is 10.7. The van der Waals surface area contributed by atoms with Gasteiger partial charge in [0.1, 0.15) is 22.9 Å². The second kappa shape index (κ2) is 5.94. The minimum Gasteiger partial charge on any atom is -0.507 e. The molecule has 1 aromatic carbocycles. The monoisotopic (exact) mass is 267 g/mol. The summed E-state index contributed by atoms with van der Waals surface area (Å²) in [6, 6.07) is 4.06. The largest absolute Gasteiger partial charge is 0.507 e. The minimum atomic E-state index is -0.548. The lowest BCUT2D eigenvalue weighted by Gasteiger charge is -2.21. The molecule has 0 saturated carbocycles. The summed E-state index contributed by atoms with van der Waals surface area (Å²) in [4.78, 5) is 13.4. The van der Waals surface area contributed by atoms with Gasteiger partial charge in [0.25, 0.3) is 5.91 Å². The van der Waals surface area contributed by atoms with Gasteiger partial charge in [-0.05, 0) is 12.1 Å². The lowest BCUT2D eigenvalue weighted by Crippen LogP contribution is -2.36. The lowest BCUT2D eigenvalue weighted by atomic mass is 10.1. The van der Waals surface area contributed by atoms with E-state index < -0.39 is 5.91 Å². The van der Waals surface area contributed by atoms with Crippen molar-refractivity contribution in [2.75, 3.05) is 13.6 Å². The highest BCUT2D eigenvalue weighted by Gasteiger charge is 2.22. The molecule has 19 heavy (non-hydrogen) atoms. The molecule has 1 atom stereocenters. The van der Waals surface area contributed by atoms with Gasteiger partial charge in [-0.25, -0.2) is 0 Å². The number of benzene rings is 1. The van der Waals surface area contributed by atoms with Crippen LogP contribution in [0.3, 0.4) is 0 Å². The van der Waals surface area contributed by atoms with Gasteiger partial charge in [-0.2, -0.15) is 0 Å². The fourth-order valence-electron chi connectivity index (χ4n) is 1.62. The summed E-state index contributed by atoms with van der Waals surface area (Å²) in [5.41, 5.74) is 5.26. The molecule has 7 heteroatoms. The smallest absolute Gasteiger partial charge is 0.261 e. The van der Waals surface area contributed by atoms with Crippen molar-refractivity contribution in [3.05, 3.63) is 23.8 Å². The molecule has 0 aliphatic rings. The van der Waals surface area contributed by atoms with Crippen molar-refractivity contribution >= 4 is 11.7 Å². The predicted octanol–water partition coefficient (Wildman–Crippen LogP) is 0.552. The molecular weight excluding hydrogens is 250 g/mol. The van der Waals surface area contributed by atoms with E-state index in [1.807, 2.05) is 0 Å². The number of nitrogens with zero attached hydrogens (tertiary/aromatic N) is 2. The molecule has 0 heterocycles. The standard InChI is InChI=1S/C12H17N3O4/c1-7(11(13)14-19)6-15(2)12(18)10-8(16)4-3-5-9(10)17/h3-5,7,16-17,19H,6H2,1-2H3,(H2,13,14). The molecule has 1 rings (SSSR count). The van der Waals surface area contributed by atoms with Gasteiger partial charge < -0.3 is 26.1 Å². The highest BCUT2D eigenvalue weighted by atomic mass is 16.4. The average Bonchev–Trinajstić information content (AvgIpc) is 2.37. The van der Waals surface area contributed by atoms with Crippen LogP contribution in [0, 0.1) is 5.92 Å². The van der Waals surface area contributed by atoms with E-state index in [0.717, 1.165) is 0 Å². The van der Waals surface area contributed by atoms with Crippen LogP contribution in [-0.4, -0.2) is 45.7 Å². The minimum absolute atomic E-state index is 0.00107. The molecular formula is C12H17N3O4. The molecule has 104 valence electrons. The van der Waals surface area contributed by atoms with Crippen molar-refractivity contribution in [3.8, 4) is 11.5 Å². The second-order valence-electron chi connectivity index (χ2n) is 4.28. The number of carbonyl (C=O) groups is 1. The number of aromatic hydroxyl groups is 2. The summed E-state index contributed by atoms with van der Waals surface area (Å²) in [5, 5.41) is 30.6. The van der Waals surface area contributed by atoms with Gasteiger partial charge in [0.2, 0.25) is 0 Å². The van der Waals surface area contributed by atoms with Crippen LogP contribution >= 0.6 is 0 Å². The van der Waals surface area contributed by atoms with Gasteiger partial charge >= 0.3 is 0 Å². The van der Waals surface area contributed by atoms with Gasteiger partial charge in [0, 0.05) is 19.5 Å². The molecule has 5 N–H and O–H groups in total. The van der Waals surface area contributed by atoms with E-state index >= 15 is 0 Å². The quantitative estimate of drug-likeness (QED) is 0.275. The maximum absolute atomic E-state index is 12.1. The Morgan fingerprint density at radius 3 is 2.42 bits per heavy atom. The van der Waals surface area contributed by atoms with E-state index in [1.54, 1.807) is 6.92 Å². The van der Waals surface area contributed by atoms with Crippen molar-refractivity contribution in [3.63, 3.8) is 0 Å². The molecule has 1 amide bonds. The van der Waals surface area contributed by atoms with Gasteiger partial charge in [-0.15, -0.1) is 0 Å². The second-order valence-corrected chi connectivity index (χ2v) is 4.28. The van der Waals surface area contributed by atoms with Crippen molar-refractivity contribution in [2.24, 2.45) is 16.8 Å². The third-order valence-corrected chi connectivity index (χ3v) is 2.75. The van der Waals surface area contributed by atoms with Crippen LogP contribution < -0.4 is 5.73 Å². The van der Waals surface area contributed by atoms with Gasteiger partial charge in [-0.3, -0.25) is 4.79 Å².